The van der Waals surface area contributed by atoms with E-state index in [2.05, 4.69) is 30.1 Å². The standard InChI is InChI=1S/C21H27N7O2S/c1-15(2)21-24-20(14-27(21)3)31(29,30)26-17-8-6-16(7-9-17)23-19-12-18(13-22-25-19)28-10-4-5-11-28/h6-9,12-15,26H,4-5,10-11H2,1-3H3,(H,23,25). The van der Waals surface area contributed by atoms with Crippen LogP contribution in [0.4, 0.5) is 22.9 Å². The number of rotatable bonds is 7. The van der Waals surface area contributed by atoms with Gasteiger partial charge in [0.1, 0.15) is 5.82 Å². The Morgan fingerprint density at radius 1 is 1.06 bits per heavy atom. The first-order valence-corrected chi connectivity index (χ1v) is 11.8. The van der Waals surface area contributed by atoms with Gasteiger partial charge in [-0.1, -0.05) is 13.8 Å². The van der Waals surface area contributed by atoms with Crippen LogP contribution in [0.25, 0.3) is 0 Å². The van der Waals surface area contributed by atoms with Crippen LogP contribution in [0.15, 0.2) is 47.8 Å². The minimum absolute atomic E-state index is 0.00917. The molecule has 0 aliphatic carbocycles. The van der Waals surface area contributed by atoms with Gasteiger partial charge in [-0.05, 0) is 37.1 Å². The average Bonchev–Trinajstić information content (AvgIpc) is 3.40. The highest BCUT2D eigenvalue weighted by atomic mass is 32.2. The number of hydrogen-bond donors (Lipinski definition) is 2. The molecule has 0 unspecified atom stereocenters. The van der Waals surface area contributed by atoms with Crippen LogP contribution in [-0.2, 0) is 17.1 Å². The molecule has 1 aliphatic heterocycles. The predicted molar refractivity (Wildman–Crippen MR) is 121 cm³/mol. The van der Waals surface area contributed by atoms with Gasteiger partial charge in [-0.25, -0.2) is 4.98 Å². The highest BCUT2D eigenvalue weighted by molar-refractivity contribution is 7.92. The molecule has 0 atom stereocenters. The second-order valence-electron chi connectivity index (χ2n) is 8.00. The van der Waals surface area contributed by atoms with Crippen LogP contribution in [-0.4, -0.2) is 41.3 Å². The second kappa shape index (κ2) is 8.54. The van der Waals surface area contributed by atoms with Gasteiger partial charge in [0.2, 0.25) is 0 Å². The molecule has 1 fully saturated rings. The molecular formula is C21H27N7O2S. The molecule has 164 valence electrons. The first-order valence-electron chi connectivity index (χ1n) is 10.3. The molecule has 0 radical (unpaired) electrons. The lowest BCUT2D eigenvalue weighted by Crippen LogP contribution is -2.18. The number of aryl methyl sites for hydroxylation is 1. The van der Waals surface area contributed by atoms with Crippen molar-refractivity contribution >= 4 is 32.9 Å². The van der Waals surface area contributed by atoms with Gasteiger partial charge in [-0.3, -0.25) is 4.72 Å². The van der Waals surface area contributed by atoms with E-state index in [1.54, 1.807) is 42.1 Å². The number of imidazole rings is 1. The van der Waals surface area contributed by atoms with Crippen LogP contribution < -0.4 is 14.9 Å². The molecule has 0 spiro atoms. The van der Waals surface area contributed by atoms with E-state index in [0.717, 1.165) is 30.3 Å². The molecule has 9 nitrogen and oxygen atoms in total. The first kappa shape index (κ1) is 21.1. The number of nitrogens with one attached hydrogen (secondary N) is 2. The summed E-state index contributed by atoms with van der Waals surface area (Å²) in [6.07, 6.45) is 5.69. The van der Waals surface area contributed by atoms with Gasteiger partial charge < -0.3 is 14.8 Å². The van der Waals surface area contributed by atoms with Crippen molar-refractivity contribution < 1.29 is 8.42 Å². The Balaban J connectivity index is 1.45. The molecule has 1 aliphatic rings. The van der Waals surface area contributed by atoms with E-state index in [9.17, 15) is 8.42 Å². The maximum Gasteiger partial charge on any atom is 0.280 e. The van der Waals surface area contributed by atoms with Crippen LogP contribution in [0.3, 0.4) is 0 Å². The molecule has 3 heterocycles. The summed E-state index contributed by atoms with van der Waals surface area (Å²) in [4.78, 5) is 6.56. The van der Waals surface area contributed by atoms with E-state index < -0.39 is 10.0 Å². The highest BCUT2D eigenvalue weighted by Crippen LogP contribution is 2.24. The maximum atomic E-state index is 12.7. The monoisotopic (exact) mass is 441 g/mol. The summed E-state index contributed by atoms with van der Waals surface area (Å²) in [7, 11) is -1.97. The summed E-state index contributed by atoms with van der Waals surface area (Å²) in [5.74, 6) is 1.50. The van der Waals surface area contributed by atoms with Gasteiger partial charge in [0, 0.05) is 49.7 Å². The van der Waals surface area contributed by atoms with E-state index >= 15 is 0 Å². The van der Waals surface area contributed by atoms with E-state index in [0.29, 0.717) is 11.5 Å². The SMILES string of the molecule is CC(C)c1nc(S(=O)(=O)Nc2ccc(Nc3cc(N4CCCC4)cnn3)cc2)cn1C. The summed E-state index contributed by atoms with van der Waals surface area (Å²) >= 11 is 0. The molecule has 3 aromatic rings. The summed E-state index contributed by atoms with van der Waals surface area (Å²) in [5.41, 5.74) is 2.30. The number of benzene rings is 1. The van der Waals surface area contributed by atoms with Crippen LogP contribution in [0.2, 0.25) is 0 Å². The van der Waals surface area contributed by atoms with Crippen molar-refractivity contribution in [2.75, 3.05) is 28.0 Å². The Morgan fingerprint density at radius 3 is 2.39 bits per heavy atom. The molecular weight excluding hydrogens is 414 g/mol. The van der Waals surface area contributed by atoms with Crippen molar-refractivity contribution in [2.24, 2.45) is 7.05 Å². The predicted octanol–water partition coefficient (Wildman–Crippen LogP) is 3.48. The minimum Gasteiger partial charge on any atom is -0.370 e. The van der Waals surface area contributed by atoms with Gasteiger partial charge in [0.25, 0.3) is 10.0 Å². The fourth-order valence-corrected chi connectivity index (χ4v) is 4.72. The lowest BCUT2D eigenvalue weighted by molar-refractivity contribution is 0.597. The summed E-state index contributed by atoms with van der Waals surface area (Å²) < 4.78 is 29.7. The maximum absolute atomic E-state index is 12.7. The van der Waals surface area contributed by atoms with E-state index in [4.69, 9.17) is 0 Å². The van der Waals surface area contributed by atoms with Gasteiger partial charge in [-0.2, -0.15) is 13.5 Å². The Bertz CT molecular complexity index is 1150. The van der Waals surface area contributed by atoms with Crippen molar-refractivity contribution in [2.45, 2.75) is 37.6 Å². The van der Waals surface area contributed by atoms with Gasteiger partial charge >= 0.3 is 0 Å². The topological polar surface area (TPSA) is 105 Å². The largest absolute Gasteiger partial charge is 0.370 e. The third kappa shape index (κ3) is 4.79. The molecule has 31 heavy (non-hydrogen) atoms. The zero-order chi connectivity index (χ0) is 22.0. The van der Waals surface area contributed by atoms with E-state index in [1.807, 2.05) is 19.9 Å². The Morgan fingerprint density at radius 2 is 1.74 bits per heavy atom. The molecule has 1 saturated heterocycles. The molecule has 0 amide bonds. The summed E-state index contributed by atoms with van der Waals surface area (Å²) in [6, 6.07) is 8.95. The Hall–Kier alpha value is -3.14. The Labute approximate surface area is 182 Å². The molecule has 4 rings (SSSR count). The number of anilines is 4. The lowest BCUT2D eigenvalue weighted by atomic mass is 10.2. The number of nitrogens with zero attached hydrogens (tertiary/aromatic N) is 5. The van der Waals surface area contributed by atoms with Crippen molar-refractivity contribution in [1.82, 2.24) is 19.7 Å². The van der Waals surface area contributed by atoms with E-state index in [-0.39, 0.29) is 10.9 Å². The molecule has 2 N–H and O–H groups in total. The molecule has 0 bridgehead atoms. The highest BCUT2D eigenvalue weighted by Gasteiger charge is 2.21. The van der Waals surface area contributed by atoms with Crippen molar-refractivity contribution in [1.29, 1.82) is 0 Å². The van der Waals surface area contributed by atoms with Crippen LogP contribution >= 0.6 is 0 Å². The normalized spacial score (nSPS) is 14.3. The van der Waals surface area contributed by atoms with Gasteiger partial charge in [0.15, 0.2) is 10.8 Å². The molecule has 2 aromatic heterocycles. The van der Waals surface area contributed by atoms with E-state index in [1.165, 1.54) is 19.0 Å². The smallest absolute Gasteiger partial charge is 0.280 e. The molecule has 0 saturated carbocycles. The third-order valence-electron chi connectivity index (χ3n) is 5.20. The average molecular weight is 442 g/mol. The summed E-state index contributed by atoms with van der Waals surface area (Å²) in [5, 5.41) is 11.5. The van der Waals surface area contributed by atoms with Crippen molar-refractivity contribution in [3.63, 3.8) is 0 Å². The third-order valence-corrected chi connectivity index (χ3v) is 6.45. The number of aromatic nitrogens is 4. The molecule has 1 aromatic carbocycles. The zero-order valence-corrected chi connectivity index (χ0v) is 18.7. The summed E-state index contributed by atoms with van der Waals surface area (Å²) in [6.45, 7) is 6.02. The second-order valence-corrected chi connectivity index (χ2v) is 9.63. The quantitative estimate of drug-likeness (QED) is 0.578. The van der Waals surface area contributed by atoms with Crippen molar-refractivity contribution in [3.05, 3.63) is 48.5 Å². The first-order chi connectivity index (χ1) is 14.8. The molecule has 10 heteroatoms. The van der Waals surface area contributed by atoms with Crippen LogP contribution in [0.1, 0.15) is 38.4 Å². The number of sulfonamides is 1. The fraction of sp³-hybridized carbons (Fsp3) is 0.381. The zero-order valence-electron chi connectivity index (χ0n) is 17.9. The minimum atomic E-state index is -3.77. The van der Waals surface area contributed by atoms with Gasteiger partial charge in [-0.15, -0.1) is 5.10 Å². The van der Waals surface area contributed by atoms with Crippen molar-refractivity contribution in [3.8, 4) is 0 Å². The lowest BCUT2D eigenvalue weighted by Gasteiger charge is -2.17. The van der Waals surface area contributed by atoms with Crippen LogP contribution in [0.5, 0.6) is 0 Å². The Kier molecular flexibility index (Phi) is 5.81. The number of hydrogen-bond acceptors (Lipinski definition) is 7. The van der Waals surface area contributed by atoms with Crippen LogP contribution in [0, 0.1) is 0 Å². The fourth-order valence-electron chi connectivity index (χ4n) is 3.66. The van der Waals surface area contributed by atoms with Gasteiger partial charge in [0.05, 0.1) is 11.9 Å².